The van der Waals surface area contributed by atoms with Gasteiger partial charge in [-0.05, 0) is 128 Å². The van der Waals surface area contributed by atoms with Gasteiger partial charge in [0.1, 0.15) is 0 Å². The standard InChI is InChI=1S/C46H62N8/c47-27-17-35-53(31-13-1-11-29-49-45-37-19-3-7-23-41(37)51-42-24-8-4-20-38(42)45)33-15-16-34-54(36-18-28-48)32-14-2-12-30-50-46-39-21-5-9-25-43(39)52-44-26-10-6-22-40(44)46/h3-10,19-26H,1-2,11-18,27-36,47-48H2,(H,49,51)(H,50,52). The Bertz CT molecular complexity index is 1760. The average molecular weight is 727 g/mol. The molecule has 6 rings (SSSR count). The van der Waals surface area contributed by atoms with Crippen molar-refractivity contribution >= 4 is 55.0 Å². The quantitative estimate of drug-likeness (QED) is 0.0342. The SMILES string of the molecule is NCCCN(CCCCCNc1c2ccccc2nc2ccccc12)CCCCN(CCCN)CCCCCNc1c2ccccc2nc2ccccc12. The van der Waals surface area contributed by atoms with Crippen molar-refractivity contribution in [2.75, 3.05) is 76.1 Å². The Morgan fingerprint density at radius 1 is 0.370 bits per heavy atom. The number of anilines is 2. The lowest BCUT2D eigenvalue weighted by Gasteiger charge is -2.25. The van der Waals surface area contributed by atoms with E-state index in [1.54, 1.807) is 0 Å². The van der Waals surface area contributed by atoms with E-state index in [9.17, 15) is 0 Å². The highest BCUT2D eigenvalue weighted by atomic mass is 15.1. The number of nitrogens with one attached hydrogen (secondary N) is 2. The number of nitrogens with two attached hydrogens (primary N) is 2. The highest BCUT2D eigenvalue weighted by Gasteiger charge is 2.11. The molecule has 2 aromatic heterocycles. The third-order valence-corrected chi connectivity index (χ3v) is 10.6. The van der Waals surface area contributed by atoms with Crippen LogP contribution in [0.15, 0.2) is 97.1 Å². The Morgan fingerprint density at radius 3 is 1.00 bits per heavy atom. The molecule has 0 aliphatic heterocycles. The van der Waals surface area contributed by atoms with Gasteiger partial charge in [-0.2, -0.15) is 0 Å². The molecule has 0 saturated heterocycles. The number of aromatic nitrogens is 2. The largest absolute Gasteiger partial charge is 0.384 e. The van der Waals surface area contributed by atoms with Gasteiger partial charge in [0.15, 0.2) is 0 Å². The predicted molar refractivity (Wildman–Crippen MR) is 233 cm³/mol. The van der Waals surface area contributed by atoms with Crippen LogP contribution in [0.5, 0.6) is 0 Å². The zero-order valence-corrected chi connectivity index (χ0v) is 32.3. The second kappa shape index (κ2) is 21.5. The Kier molecular flexibility index (Phi) is 15.7. The van der Waals surface area contributed by atoms with E-state index in [4.69, 9.17) is 21.4 Å². The number of hydrogen-bond acceptors (Lipinski definition) is 8. The number of fused-ring (bicyclic) bond motifs is 4. The van der Waals surface area contributed by atoms with Crippen LogP contribution in [0.25, 0.3) is 43.6 Å². The van der Waals surface area contributed by atoms with Gasteiger partial charge in [-0.15, -0.1) is 0 Å². The lowest BCUT2D eigenvalue weighted by molar-refractivity contribution is 0.234. The topological polar surface area (TPSA) is 108 Å². The van der Waals surface area contributed by atoms with E-state index < -0.39 is 0 Å². The number of hydrogen-bond donors (Lipinski definition) is 4. The van der Waals surface area contributed by atoms with Crippen molar-refractivity contribution in [1.82, 2.24) is 19.8 Å². The van der Waals surface area contributed by atoms with E-state index in [1.165, 1.54) is 71.4 Å². The fraction of sp³-hybridized carbons (Fsp3) is 0.435. The summed E-state index contributed by atoms with van der Waals surface area (Å²) in [4.78, 5) is 15.0. The second-order valence-electron chi connectivity index (χ2n) is 14.7. The molecule has 54 heavy (non-hydrogen) atoms. The van der Waals surface area contributed by atoms with Crippen LogP contribution in [0.3, 0.4) is 0 Å². The number of unbranched alkanes of at least 4 members (excludes halogenated alkanes) is 5. The molecule has 286 valence electrons. The van der Waals surface area contributed by atoms with Crippen molar-refractivity contribution in [2.45, 2.75) is 64.2 Å². The number of pyridine rings is 2. The summed E-state index contributed by atoms with van der Waals surface area (Å²) < 4.78 is 0. The summed E-state index contributed by atoms with van der Waals surface area (Å²) in [5, 5.41) is 12.3. The van der Waals surface area contributed by atoms with Crippen LogP contribution >= 0.6 is 0 Å². The monoisotopic (exact) mass is 727 g/mol. The van der Waals surface area contributed by atoms with Crippen LogP contribution in [0.2, 0.25) is 0 Å². The summed E-state index contributed by atoms with van der Waals surface area (Å²) in [6.45, 7) is 10.3. The fourth-order valence-corrected chi connectivity index (χ4v) is 7.73. The summed E-state index contributed by atoms with van der Waals surface area (Å²) in [7, 11) is 0. The molecule has 8 heteroatoms. The van der Waals surface area contributed by atoms with Crippen molar-refractivity contribution in [3.8, 4) is 0 Å². The molecule has 0 aliphatic rings. The van der Waals surface area contributed by atoms with Crippen LogP contribution < -0.4 is 22.1 Å². The van der Waals surface area contributed by atoms with Crippen LogP contribution in [-0.2, 0) is 0 Å². The van der Waals surface area contributed by atoms with Crippen molar-refractivity contribution in [2.24, 2.45) is 11.5 Å². The van der Waals surface area contributed by atoms with E-state index in [0.717, 1.165) is 113 Å². The molecule has 0 atom stereocenters. The van der Waals surface area contributed by atoms with Gasteiger partial charge in [-0.3, -0.25) is 0 Å². The van der Waals surface area contributed by atoms with Crippen LogP contribution in [0, 0.1) is 0 Å². The van der Waals surface area contributed by atoms with Gasteiger partial charge < -0.3 is 31.9 Å². The van der Waals surface area contributed by atoms with Gasteiger partial charge in [0.25, 0.3) is 0 Å². The van der Waals surface area contributed by atoms with Crippen LogP contribution in [0.1, 0.15) is 64.2 Å². The maximum absolute atomic E-state index is 5.93. The van der Waals surface area contributed by atoms with E-state index in [-0.39, 0.29) is 0 Å². The van der Waals surface area contributed by atoms with Gasteiger partial charge in [-0.25, -0.2) is 9.97 Å². The molecule has 4 aromatic carbocycles. The molecule has 2 heterocycles. The van der Waals surface area contributed by atoms with Gasteiger partial charge in [-0.1, -0.05) is 85.6 Å². The molecule has 0 unspecified atom stereocenters. The Balaban J connectivity index is 0.885. The normalized spacial score (nSPS) is 11.9. The van der Waals surface area contributed by atoms with Gasteiger partial charge >= 0.3 is 0 Å². The van der Waals surface area contributed by atoms with Crippen molar-refractivity contribution in [1.29, 1.82) is 0 Å². The zero-order valence-electron chi connectivity index (χ0n) is 32.3. The molecule has 6 aromatic rings. The molecule has 6 N–H and O–H groups in total. The Hall–Kier alpha value is -4.34. The Labute approximate surface area is 322 Å². The minimum absolute atomic E-state index is 0.756. The first-order valence-corrected chi connectivity index (χ1v) is 20.6. The number of benzene rings is 4. The summed E-state index contributed by atoms with van der Waals surface area (Å²) >= 11 is 0. The van der Waals surface area contributed by atoms with Crippen molar-refractivity contribution in [3.63, 3.8) is 0 Å². The first-order valence-electron chi connectivity index (χ1n) is 20.6. The molecule has 0 spiro atoms. The molecule has 0 fully saturated rings. The first-order chi connectivity index (χ1) is 26.7. The molecular formula is C46H62N8. The molecule has 0 amide bonds. The van der Waals surface area contributed by atoms with Gasteiger partial charge in [0, 0.05) is 34.6 Å². The summed E-state index contributed by atoms with van der Waals surface area (Å²) in [6, 6.07) is 33.8. The van der Waals surface area contributed by atoms with E-state index in [2.05, 4.69) is 117 Å². The predicted octanol–water partition coefficient (Wildman–Crippen LogP) is 9.04. The molecule has 0 radical (unpaired) electrons. The van der Waals surface area contributed by atoms with E-state index in [1.807, 2.05) is 0 Å². The van der Waals surface area contributed by atoms with Gasteiger partial charge in [0.05, 0.1) is 33.4 Å². The van der Waals surface area contributed by atoms with Crippen LogP contribution in [0.4, 0.5) is 11.4 Å². The average Bonchev–Trinajstić information content (AvgIpc) is 3.21. The lowest BCUT2D eigenvalue weighted by atomic mass is 10.1. The third-order valence-electron chi connectivity index (χ3n) is 10.6. The minimum Gasteiger partial charge on any atom is -0.384 e. The second-order valence-corrected chi connectivity index (χ2v) is 14.7. The molecule has 0 saturated carbocycles. The summed E-state index contributed by atoms with van der Waals surface area (Å²) in [5.74, 6) is 0. The van der Waals surface area contributed by atoms with Crippen molar-refractivity contribution in [3.05, 3.63) is 97.1 Å². The number of rotatable bonds is 25. The smallest absolute Gasteiger partial charge is 0.0730 e. The number of nitrogens with zero attached hydrogens (tertiary/aromatic N) is 4. The minimum atomic E-state index is 0.756. The zero-order chi connectivity index (χ0) is 37.2. The van der Waals surface area contributed by atoms with Crippen molar-refractivity contribution < 1.29 is 0 Å². The molecule has 0 bridgehead atoms. The lowest BCUT2D eigenvalue weighted by Crippen LogP contribution is -2.31. The molecular weight excluding hydrogens is 665 g/mol. The maximum atomic E-state index is 5.93. The van der Waals surface area contributed by atoms with E-state index >= 15 is 0 Å². The highest BCUT2D eigenvalue weighted by Crippen LogP contribution is 2.32. The first kappa shape index (κ1) is 39.4. The summed E-state index contributed by atoms with van der Waals surface area (Å²) in [5.41, 5.74) is 18.5. The fourth-order valence-electron chi connectivity index (χ4n) is 7.73. The molecule has 8 nitrogen and oxygen atoms in total. The van der Waals surface area contributed by atoms with E-state index in [0.29, 0.717) is 0 Å². The van der Waals surface area contributed by atoms with Crippen LogP contribution in [-0.4, -0.2) is 85.2 Å². The Morgan fingerprint density at radius 2 is 0.667 bits per heavy atom. The maximum Gasteiger partial charge on any atom is 0.0730 e. The highest BCUT2D eigenvalue weighted by molar-refractivity contribution is 6.08. The molecule has 0 aliphatic carbocycles. The third kappa shape index (κ3) is 11.1. The summed E-state index contributed by atoms with van der Waals surface area (Å²) in [6.07, 6.45) is 11.7. The van der Waals surface area contributed by atoms with Gasteiger partial charge in [0.2, 0.25) is 0 Å². The number of para-hydroxylation sites is 4.